The first-order valence-electron chi connectivity index (χ1n) is 19.3. The van der Waals surface area contributed by atoms with Gasteiger partial charge in [-0.25, -0.2) is 0 Å². The van der Waals surface area contributed by atoms with E-state index in [-0.39, 0.29) is 7.92 Å². The van der Waals surface area contributed by atoms with Gasteiger partial charge in [0.15, 0.2) is 0 Å². The van der Waals surface area contributed by atoms with Gasteiger partial charge in [0, 0.05) is 6.16 Å². The Hall–Kier alpha value is -3.30. The average molecular weight is 691 g/mol. The third kappa shape index (κ3) is 6.97. The lowest BCUT2D eigenvalue weighted by Crippen LogP contribution is -2.21. The van der Waals surface area contributed by atoms with Crippen molar-refractivity contribution in [2.45, 2.75) is 102 Å². The number of rotatable bonds is 9. The van der Waals surface area contributed by atoms with E-state index in [1.165, 1.54) is 130 Å². The summed E-state index contributed by atoms with van der Waals surface area (Å²) in [6.45, 7) is 4.62. The van der Waals surface area contributed by atoms with Crippen molar-refractivity contribution in [3.8, 4) is 11.1 Å². The number of hydrogen-bond acceptors (Lipinski definition) is 0. The third-order valence-corrected chi connectivity index (χ3v) is 18.3. The fourth-order valence-electron chi connectivity index (χ4n) is 9.27. The maximum atomic E-state index is 2.57. The van der Waals surface area contributed by atoms with Gasteiger partial charge in [-0.1, -0.05) is 168 Å². The summed E-state index contributed by atoms with van der Waals surface area (Å²) in [5, 5.41) is 8.57. The van der Waals surface area contributed by atoms with Crippen LogP contribution in [0.2, 0.25) is 0 Å². The van der Waals surface area contributed by atoms with E-state index in [4.69, 9.17) is 0 Å². The predicted molar refractivity (Wildman–Crippen MR) is 224 cm³/mol. The van der Waals surface area contributed by atoms with Crippen LogP contribution in [0.3, 0.4) is 0 Å². The number of hydrogen-bond donors (Lipinski definition) is 0. The summed E-state index contributed by atoms with van der Waals surface area (Å²) >= 11 is 0. The van der Waals surface area contributed by atoms with Gasteiger partial charge in [0.2, 0.25) is 0 Å². The van der Waals surface area contributed by atoms with Crippen LogP contribution in [-0.4, -0.2) is 11.3 Å². The van der Waals surface area contributed by atoms with Crippen LogP contribution in [-0.2, 0) is 12.3 Å². The molecule has 0 bridgehead atoms. The molecule has 0 aliphatic heterocycles. The van der Waals surface area contributed by atoms with E-state index in [0.717, 1.165) is 17.5 Å². The molecule has 2 aliphatic carbocycles. The first kappa shape index (κ1) is 33.8. The monoisotopic (exact) mass is 690 g/mol. The average Bonchev–Trinajstić information content (AvgIpc) is 3.17. The molecule has 6 aromatic carbocycles. The van der Waals surface area contributed by atoms with Gasteiger partial charge in [-0.2, -0.15) is 0 Å². The molecule has 0 saturated heterocycles. The van der Waals surface area contributed by atoms with E-state index in [0.29, 0.717) is 0 Å². The lowest BCUT2D eigenvalue weighted by Gasteiger charge is -2.39. The van der Waals surface area contributed by atoms with Crippen molar-refractivity contribution in [1.29, 1.82) is 0 Å². The van der Waals surface area contributed by atoms with Gasteiger partial charge >= 0.3 is 0 Å². The number of benzene rings is 6. The molecular weight excluding hydrogens is 638 g/mol. The molecule has 0 amide bonds. The SMILES string of the molecule is Cc1ccccc1P(Cc1ccc2ccccc2c1-c1c(CP(C2CCCCC2)C2CCCCC2)ccc2ccccc12)c1ccccc1C. The van der Waals surface area contributed by atoms with Crippen molar-refractivity contribution in [2.24, 2.45) is 0 Å². The summed E-state index contributed by atoms with van der Waals surface area (Å²) < 4.78 is 0. The minimum atomic E-state index is -0.617. The molecule has 254 valence electrons. The molecule has 50 heavy (non-hydrogen) atoms. The zero-order valence-corrected chi connectivity index (χ0v) is 31.9. The molecule has 0 heterocycles. The van der Waals surface area contributed by atoms with Crippen LogP contribution in [0, 0.1) is 13.8 Å². The van der Waals surface area contributed by atoms with Crippen molar-refractivity contribution in [1.82, 2.24) is 0 Å². The topological polar surface area (TPSA) is 0 Å². The maximum Gasteiger partial charge on any atom is 0.00140 e. The zero-order chi connectivity index (χ0) is 33.9. The van der Waals surface area contributed by atoms with Crippen molar-refractivity contribution < 1.29 is 0 Å². The van der Waals surface area contributed by atoms with Crippen molar-refractivity contribution in [3.05, 3.63) is 144 Å². The van der Waals surface area contributed by atoms with E-state index in [2.05, 4.69) is 135 Å². The fourth-order valence-corrected chi connectivity index (χ4v) is 15.8. The van der Waals surface area contributed by atoms with E-state index in [1.807, 2.05) is 0 Å². The predicted octanol–water partition coefficient (Wildman–Crippen LogP) is 13.6. The second kappa shape index (κ2) is 15.5. The van der Waals surface area contributed by atoms with Gasteiger partial charge in [0.05, 0.1) is 0 Å². The first-order chi connectivity index (χ1) is 24.7. The van der Waals surface area contributed by atoms with E-state index in [1.54, 1.807) is 5.56 Å². The molecule has 0 nitrogen and oxygen atoms in total. The summed E-state index contributed by atoms with van der Waals surface area (Å²) in [6.07, 6.45) is 16.8. The van der Waals surface area contributed by atoms with Gasteiger partial charge < -0.3 is 0 Å². The minimum Gasteiger partial charge on any atom is -0.0958 e. The highest BCUT2D eigenvalue weighted by Gasteiger charge is 2.32. The fraction of sp³-hybridized carbons (Fsp3) is 0.333. The Morgan fingerprint density at radius 2 is 0.860 bits per heavy atom. The summed E-state index contributed by atoms with van der Waals surface area (Å²) in [5.74, 6) is 0. The van der Waals surface area contributed by atoms with Gasteiger partial charge in [0.25, 0.3) is 0 Å². The molecule has 0 aromatic heterocycles. The van der Waals surface area contributed by atoms with E-state index >= 15 is 0 Å². The molecule has 2 aliphatic rings. The Kier molecular flexibility index (Phi) is 10.5. The molecule has 0 unspecified atom stereocenters. The third-order valence-electron chi connectivity index (χ3n) is 11.9. The van der Waals surface area contributed by atoms with E-state index < -0.39 is 7.92 Å². The summed E-state index contributed by atoms with van der Waals surface area (Å²) in [5.41, 5.74) is 10.8. The van der Waals surface area contributed by atoms with Crippen molar-refractivity contribution >= 4 is 48.0 Å². The van der Waals surface area contributed by atoms with Crippen LogP contribution in [0.5, 0.6) is 0 Å². The van der Waals surface area contributed by atoms with Crippen molar-refractivity contribution in [3.63, 3.8) is 0 Å². The number of aryl methyl sites for hydroxylation is 2. The lowest BCUT2D eigenvalue weighted by atomic mass is 9.88. The van der Waals surface area contributed by atoms with Crippen LogP contribution in [0.15, 0.2) is 121 Å². The summed E-state index contributed by atoms with van der Waals surface area (Å²) in [4.78, 5) is 0. The maximum absolute atomic E-state index is 2.57. The van der Waals surface area contributed by atoms with Crippen molar-refractivity contribution in [2.75, 3.05) is 0 Å². The Labute approximate surface area is 303 Å². The summed E-state index contributed by atoms with van der Waals surface area (Å²) in [7, 11) is -0.698. The Morgan fingerprint density at radius 1 is 0.440 bits per heavy atom. The van der Waals surface area contributed by atoms with Gasteiger partial charge in [-0.05, 0) is 130 Å². The van der Waals surface area contributed by atoms with Gasteiger partial charge in [0.1, 0.15) is 0 Å². The molecule has 2 fully saturated rings. The van der Waals surface area contributed by atoms with Gasteiger partial charge in [-0.3, -0.25) is 0 Å². The molecule has 8 rings (SSSR count). The van der Waals surface area contributed by atoms with Crippen LogP contribution in [0.1, 0.15) is 86.5 Å². The molecule has 0 spiro atoms. The molecule has 0 atom stereocenters. The van der Waals surface area contributed by atoms with Crippen LogP contribution < -0.4 is 10.6 Å². The highest BCUT2D eigenvalue weighted by molar-refractivity contribution is 7.72. The normalized spacial score (nSPS) is 16.2. The van der Waals surface area contributed by atoms with Crippen LogP contribution >= 0.6 is 15.8 Å². The smallest absolute Gasteiger partial charge is 0.00140 e. The Morgan fingerprint density at radius 3 is 1.34 bits per heavy atom. The molecule has 2 heteroatoms. The van der Waals surface area contributed by atoms with Crippen LogP contribution in [0.25, 0.3) is 32.7 Å². The first-order valence-corrected chi connectivity index (χ1v) is 22.5. The lowest BCUT2D eigenvalue weighted by molar-refractivity contribution is 0.484. The molecule has 0 N–H and O–H groups in total. The second-order valence-corrected chi connectivity index (χ2v) is 20.0. The van der Waals surface area contributed by atoms with Crippen LogP contribution in [0.4, 0.5) is 0 Å². The largest absolute Gasteiger partial charge is 0.0958 e. The highest BCUT2D eigenvalue weighted by Crippen LogP contribution is 2.59. The molecule has 0 radical (unpaired) electrons. The van der Waals surface area contributed by atoms with Gasteiger partial charge in [-0.15, -0.1) is 0 Å². The quantitative estimate of drug-likeness (QED) is 0.133. The second-order valence-electron chi connectivity index (χ2n) is 15.1. The Balaban J connectivity index is 1.34. The standard InChI is InChI=1S/C48H52P2/c1-35-17-9-15-27-45(35)50(46-28-16-10-18-36(46)2)34-40-32-30-38-20-12-14-26-44(38)48(40)47-39(31-29-37-19-11-13-25-43(37)47)33-49(41-21-5-3-6-22-41)42-23-7-4-8-24-42/h9-20,25-32,41-42H,3-8,21-24,33-34H2,1-2H3. The molecule has 6 aromatic rings. The summed E-state index contributed by atoms with van der Waals surface area (Å²) in [6, 6.07) is 46.7. The Bertz CT molecular complexity index is 2020. The minimum absolute atomic E-state index is 0.0816. The van der Waals surface area contributed by atoms with E-state index in [9.17, 15) is 0 Å². The zero-order valence-electron chi connectivity index (χ0n) is 30.1. The molecule has 2 saturated carbocycles. The number of fused-ring (bicyclic) bond motifs is 2. The highest BCUT2D eigenvalue weighted by atomic mass is 31.1. The molecular formula is C48H52P2.